The first-order valence-electron chi connectivity index (χ1n) is 5.88. The van der Waals surface area contributed by atoms with Crippen LogP contribution in [-0.2, 0) is 7.05 Å². The lowest BCUT2D eigenvalue weighted by Gasteiger charge is -2.10. The van der Waals surface area contributed by atoms with Crippen molar-refractivity contribution < 1.29 is 9.47 Å². The fraction of sp³-hybridized carbons (Fsp3) is 0.308. The summed E-state index contributed by atoms with van der Waals surface area (Å²) in [6.45, 7) is 2.69. The van der Waals surface area contributed by atoms with Crippen molar-refractivity contribution in [2.45, 2.75) is 13.3 Å². The Balaban J connectivity index is 2.13. The van der Waals surface area contributed by atoms with E-state index in [1.807, 2.05) is 14.0 Å². The van der Waals surface area contributed by atoms with Crippen LogP contribution in [0.1, 0.15) is 13.3 Å². The summed E-state index contributed by atoms with van der Waals surface area (Å²) in [4.78, 5) is 0. The second-order valence-electron chi connectivity index (χ2n) is 4.00. The molecule has 2 rings (SSSR count). The van der Waals surface area contributed by atoms with Gasteiger partial charge in [-0.05, 0) is 18.6 Å². The number of nitrogens with two attached hydrogens (primary N) is 1. The van der Waals surface area contributed by atoms with Crippen LogP contribution in [0.3, 0.4) is 0 Å². The van der Waals surface area contributed by atoms with Crippen molar-refractivity contribution in [3.8, 4) is 17.2 Å². The SMILES string of the molecule is CCCOc1cc(Oc2cnn(C)c2)ccc1N. The van der Waals surface area contributed by atoms with Gasteiger partial charge in [0.15, 0.2) is 5.75 Å². The molecule has 0 aliphatic carbocycles. The maximum Gasteiger partial charge on any atom is 0.165 e. The summed E-state index contributed by atoms with van der Waals surface area (Å²) < 4.78 is 12.9. The fourth-order valence-corrected chi connectivity index (χ4v) is 1.50. The van der Waals surface area contributed by atoms with Crippen LogP contribution in [0.2, 0.25) is 0 Å². The quantitative estimate of drug-likeness (QED) is 0.825. The Morgan fingerprint density at radius 2 is 2.17 bits per heavy atom. The van der Waals surface area contributed by atoms with Gasteiger partial charge in [0.05, 0.1) is 24.7 Å². The highest BCUT2D eigenvalue weighted by atomic mass is 16.5. The van der Waals surface area contributed by atoms with Gasteiger partial charge in [-0.25, -0.2) is 0 Å². The molecule has 0 radical (unpaired) electrons. The van der Waals surface area contributed by atoms with E-state index in [-0.39, 0.29) is 0 Å². The van der Waals surface area contributed by atoms with E-state index in [1.165, 1.54) is 0 Å². The van der Waals surface area contributed by atoms with Crippen molar-refractivity contribution in [2.75, 3.05) is 12.3 Å². The molecule has 2 aromatic rings. The van der Waals surface area contributed by atoms with Crippen LogP contribution in [0.15, 0.2) is 30.6 Å². The molecular formula is C13H17N3O2. The maximum absolute atomic E-state index is 5.83. The molecule has 0 fully saturated rings. The molecule has 2 N–H and O–H groups in total. The second-order valence-corrected chi connectivity index (χ2v) is 4.00. The van der Waals surface area contributed by atoms with Crippen molar-refractivity contribution in [3.05, 3.63) is 30.6 Å². The summed E-state index contributed by atoms with van der Waals surface area (Å²) in [6, 6.07) is 5.37. The van der Waals surface area contributed by atoms with Gasteiger partial charge >= 0.3 is 0 Å². The molecule has 18 heavy (non-hydrogen) atoms. The summed E-state index contributed by atoms with van der Waals surface area (Å²) in [6.07, 6.45) is 4.39. The first kappa shape index (κ1) is 12.3. The van der Waals surface area contributed by atoms with Gasteiger partial charge in [0.2, 0.25) is 0 Å². The van der Waals surface area contributed by atoms with Crippen LogP contribution < -0.4 is 15.2 Å². The topological polar surface area (TPSA) is 62.3 Å². The molecule has 0 amide bonds. The number of hydrogen-bond acceptors (Lipinski definition) is 4. The van der Waals surface area contributed by atoms with E-state index in [4.69, 9.17) is 15.2 Å². The molecule has 0 saturated carbocycles. The number of aromatic nitrogens is 2. The number of anilines is 1. The second kappa shape index (κ2) is 5.44. The number of nitrogens with zero attached hydrogens (tertiary/aromatic N) is 2. The van der Waals surface area contributed by atoms with E-state index < -0.39 is 0 Å². The van der Waals surface area contributed by atoms with Crippen molar-refractivity contribution in [1.29, 1.82) is 0 Å². The molecule has 0 bridgehead atoms. The molecule has 0 aliphatic heterocycles. The Morgan fingerprint density at radius 3 is 2.83 bits per heavy atom. The third kappa shape index (κ3) is 2.94. The van der Waals surface area contributed by atoms with Gasteiger partial charge in [-0.1, -0.05) is 6.92 Å². The molecular weight excluding hydrogens is 230 g/mol. The average Bonchev–Trinajstić information content (AvgIpc) is 2.75. The molecule has 0 atom stereocenters. The highest BCUT2D eigenvalue weighted by Crippen LogP contribution is 2.29. The van der Waals surface area contributed by atoms with Crippen molar-refractivity contribution in [2.24, 2.45) is 7.05 Å². The van der Waals surface area contributed by atoms with Crippen molar-refractivity contribution >= 4 is 5.69 Å². The highest BCUT2D eigenvalue weighted by Gasteiger charge is 2.05. The van der Waals surface area contributed by atoms with Crippen molar-refractivity contribution in [3.63, 3.8) is 0 Å². The highest BCUT2D eigenvalue weighted by molar-refractivity contribution is 5.56. The normalized spacial score (nSPS) is 10.3. The van der Waals surface area contributed by atoms with E-state index in [2.05, 4.69) is 5.10 Å². The third-order valence-electron chi connectivity index (χ3n) is 2.36. The van der Waals surface area contributed by atoms with E-state index in [9.17, 15) is 0 Å². The number of nitrogen functional groups attached to an aromatic ring is 1. The predicted molar refractivity (Wildman–Crippen MR) is 69.9 cm³/mol. The largest absolute Gasteiger partial charge is 0.491 e. The number of benzene rings is 1. The minimum absolute atomic E-state index is 0.613. The minimum Gasteiger partial charge on any atom is -0.491 e. The van der Waals surface area contributed by atoms with Crippen LogP contribution in [0, 0.1) is 0 Å². The number of aryl methyl sites for hydroxylation is 1. The number of ether oxygens (including phenoxy) is 2. The molecule has 0 saturated heterocycles. The molecule has 1 aromatic heterocycles. The van der Waals surface area contributed by atoms with Crippen LogP contribution in [-0.4, -0.2) is 16.4 Å². The number of rotatable bonds is 5. The lowest BCUT2D eigenvalue weighted by atomic mass is 10.3. The van der Waals surface area contributed by atoms with Crippen LogP contribution >= 0.6 is 0 Å². The first-order valence-corrected chi connectivity index (χ1v) is 5.88. The van der Waals surface area contributed by atoms with Gasteiger partial charge in [0.25, 0.3) is 0 Å². The molecule has 0 aliphatic rings. The molecule has 1 heterocycles. The summed E-state index contributed by atoms with van der Waals surface area (Å²) in [5, 5.41) is 4.04. The van der Waals surface area contributed by atoms with Crippen LogP contribution in [0.4, 0.5) is 5.69 Å². The van der Waals surface area contributed by atoms with E-state index in [0.717, 1.165) is 6.42 Å². The van der Waals surface area contributed by atoms with E-state index in [1.54, 1.807) is 35.3 Å². The lowest BCUT2D eigenvalue weighted by molar-refractivity contribution is 0.317. The average molecular weight is 247 g/mol. The monoisotopic (exact) mass is 247 g/mol. The Bertz CT molecular complexity index is 523. The van der Waals surface area contributed by atoms with Crippen LogP contribution in [0.25, 0.3) is 0 Å². The molecule has 5 nitrogen and oxygen atoms in total. The summed E-state index contributed by atoms with van der Waals surface area (Å²) >= 11 is 0. The van der Waals surface area contributed by atoms with Gasteiger partial charge in [-0.15, -0.1) is 0 Å². The van der Waals surface area contributed by atoms with Gasteiger partial charge in [0.1, 0.15) is 11.5 Å². The zero-order valence-electron chi connectivity index (χ0n) is 10.6. The summed E-state index contributed by atoms with van der Waals surface area (Å²) in [5.41, 5.74) is 6.44. The fourth-order valence-electron chi connectivity index (χ4n) is 1.50. The predicted octanol–water partition coefficient (Wildman–Crippen LogP) is 2.58. The number of hydrogen-bond donors (Lipinski definition) is 1. The maximum atomic E-state index is 5.83. The van der Waals surface area contributed by atoms with E-state index in [0.29, 0.717) is 29.5 Å². The van der Waals surface area contributed by atoms with Gasteiger partial charge < -0.3 is 15.2 Å². The molecule has 0 unspecified atom stereocenters. The Hall–Kier alpha value is -2.17. The van der Waals surface area contributed by atoms with Gasteiger partial charge in [-0.2, -0.15) is 5.10 Å². The van der Waals surface area contributed by atoms with Crippen LogP contribution in [0.5, 0.6) is 17.2 Å². The van der Waals surface area contributed by atoms with Gasteiger partial charge in [0, 0.05) is 13.1 Å². The van der Waals surface area contributed by atoms with E-state index >= 15 is 0 Å². The molecule has 0 spiro atoms. The zero-order valence-corrected chi connectivity index (χ0v) is 10.6. The standard InChI is InChI=1S/C13H17N3O2/c1-3-6-17-13-7-10(4-5-12(13)14)18-11-8-15-16(2)9-11/h4-5,7-9H,3,6,14H2,1-2H3. The Labute approximate surface area is 106 Å². The Morgan fingerprint density at radius 1 is 1.33 bits per heavy atom. The molecule has 96 valence electrons. The third-order valence-corrected chi connectivity index (χ3v) is 2.36. The lowest BCUT2D eigenvalue weighted by Crippen LogP contribution is -1.99. The first-order chi connectivity index (χ1) is 8.69. The molecule has 5 heteroatoms. The summed E-state index contributed by atoms with van der Waals surface area (Å²) in [7, 11) is 1.84. The van der Waals surface area contributed by atoms with Gasteiger partial charge in [-0.3, -0.25) is 4.68 Å². The minimum atomic E-state index is 0.613. The van der Waals surface area contributed by atoms with Crippen molar-refractivity contribution in [1.82, 2.24) is 9.78 Å². The molecule has 1 aromatic carbocycles. The summed E-state index contributed by atoms with van der Waals surface area (Å²) in [5.74, 6) is 2.02. The Kier molecular flexibility index (Phi) is 3.72. The smallest absolute Gasteiger partial charge is 0.165 e. The zero-order chi connectivity index (χ0) is 13.0.